The minimum absolute atomic E-state index is 0.0427. The quantitative estimate of drug-likeness (QED) is 0.722. The number of carbonyl (C=O) groups excluding carboxylic acids is 1. The molecule has 1 aliphatic rings. The number of amides is 1. The molecule has 2 aromatic carbocycles. The molecular weight excluding hydrogens is 366 g/mol. The van der Waals surface area contributed by atoms with Crippen molar-refractivity contribution in [2.24, 2.45) is 0 Å². The second kappa shape index (κ2) is 6.09. The van der Waals surface area contributed by atoms with E-state index in [0.29, 0.717) is 5.56 Å². The normalized spacial score (nSPS) is 16.1. The molecule has 1 aromatic heterocycles. The summed E-state index contributed by atoms with van der Waals surface area (Å²) in [5.74, 6) is -0.0427. The van der Waals surface area contributed by atoms with Crippen LogP contribution in [0.25, 0.3) is 0 Å². The van der Waals surface area contributed by atoms with Crippen molar-refractivity contribution in [1.82, 2.24) is 4.98 Å². The predicted molar refractivity (Wildman–Crippen MR) is 98.0 cm³/mol. The van der Waals surface area contributed by atoms with Crippen LogP contribution in [-0.4, -0.2) is 10.9 Å². The summed E-state index contributed by atoms with van der Waals surface area (Å²) < 4.78 is 1.01. The maximum atomic E-state index is 12.9. The van der Waals surface area contributed by atoms with Gasteiger partial charge in [-0.1, -0.05) is 34.1 Å². The summed E-state index contributed by atoms with van der Waals surface area (Å²) in [5.41, 5.74) is 3.15. The molecule has 118 valence electrons. The predicted octanol–water partition coefficient (Wildman–Crippen LogP) is 4.62. The molecule has 4 nitrogen and oxygen atoms in total. The van der Waals surface area contributed by atoms with E-state index in [2.05, 4.69) is 26.2 Å². The van der Waals surface area contributed by atoms with Gasteiger partial charge in [-0.15, -0.1) is 0 Å². The Hall–Kier alpha value is -2.66. The first-order valence-corrected chi connectivity index (χ1v) is 8.39. The summed E-state index contributed by atoms with van der Waals surface area (Å²) in [6, 6.07) is 21.1. The third kappa shape index (κ3) is 2.57. The zero-order valence-corrected chi connectivity index (χ0v) is 14.3. The van der Waals surface area contributed by atoms with Crippen molar-refractivity contribution in [2.75, 3.05) is 10.2 Å². The number of nitrogens with one attached hydrogen (secondary N) is 1. The number of aromatic nitrogens is 1. The van der Waals surface area contributed by atoms with Crippen LogP contribution in [0.3, 0.4) is 0 Å². The molecule has 0 fully saturated rings. The van der Waals surface area contributed by atoms with Gasteiger partial charge in [0.1, 0.15) is 0 Å². The Labute approximate surface area is 148 Å². The van der Waals surface area contributed by atoms with Crippen LogP contribution >= 0.6 is 15.9 Å². The number of benzene rings is 2. The summed E-state index contributed by atoms with van der Waals surface area (Å²) in [7, 11) is 0. The van der Waals surface area contributed by atoms with Gasteiger partial charge in [-0.05, 0) is 48.5 Å². The van der Waals surface area contributed by atoms with Gasteiger partial charge in [0, 0.05) is 22.0 Å². The van der Waals surface area contributed by atoms with Crippen molar-refractivity contribution in [1.29, 1.82) is 0 Å². The van der Waals surface area contributed by atoms with E-state index in [4.69, 9.17) is 0 Å². The first-order valence-electron chi connectivity index (χ1n) is 7.60. The molecule has 4 rings (SSSR count). The lowest BCUT2D eigenvalue weighted by Gasteiger charge is -2.26. The fourth-order valence-corrected chi connectivity index (χ4v) is 3.14. The van der Waals surface area contributed by atoms with Crippen molar-refractivity contribution < 1.29 is 4.79 Å². The molecule has 0 aliphatic carbocycles. The van der Waals surface area contributed by atoms with E-state index in [1.807, 2.05) is 60.7 Å². The number of hydrogen-bond donors (Lipinski definition) is 1. The Morgan fingerprint density at radius 3 is 2.46 bits per heavy atom. The van der Waals surface area contributed by atoms with E-state index in [-0.39, 0.29) is 12.1 Å². The highest BCUT2D eigenvalue weighted by atomic mass is 79.9. The average Bonchev–Trinajstić information content (AvgIpc) is 2.90. The monoisotopic (exact) mass is 379 g/mol. The fraction of sp³-hybridized carbons (Fsp3) is 0.0526. The van der Waals surface area contributed by atoms with Gasteiger partial charge in [-0.2, -0.15) is 0 Å². The molecule has 0 bridgehead atoms. The topological polar surface area (TPSA) is 45.2 Å². The van der Waals surface area contributed by atoms with Crippen LogP contribution in [-0.2, 0) is 0 Å². The lowest BCUT2D eigenvalue weighted by molar-refractivity contribution is 0.0993. The van der Waals surface area contributed by atoms with Crippen LogP contribution in [0.1, 0.15) is 22.2 Å². The number of fused-ring (bicyclic) bond motifs is 1. The maximum absolute atomic E-state index is 12.9. The summed E-state index contributed by atoms with van der Waals surface area (Å²) in [4.78, 5) is 19.1. The van der Waals surface area contributed by atoms with Crippen molar-refractivity contribution in [2.45, 2.75) is 6.17 Å². The number of rotatable bonds is 3. The van der Waals surface area contributed by atoms with Crippen LogP contribution in [0, 0.1) is 0 Å². The van der Waals surface area contributed by atoms with Crippen LogP contribution < -0.4 is 10.2 Å². The maximum Gasteiger partial charge on any atom is 0.262 e. The Morgan fingerprint density at radius 2 is 1.71 bits per heavy atom. The van der Waals surface area contributed by atoms with Gasteiger partial charge >= 0.3 is 0 Å². The smallest absolute Gasteiger partial charge is 0.262 e. The molecule has 0 spiro atoms. The minimum atomic E-state index is -0.336. The second-order valence-electron chi connectivity index (χ2n) is 5.50. The number of halogens is 1. The Bertz CT molecular complexity index is 881. The molecule has 1 N–H and O–H groups in total. The van der Waals surface area contributed by atoms with Gasteiger partial charge in [0.15, 0.2) is 6.17 Å². The van der Waals surface area contributed by atoms with E-state index < -0.39 is 0 Å². The lowest BCUT2D eigenvalue weighted by Crippen LogP contribution is -2.32. The van der Waals surface area contributed by atoms with E-state index in [0.717, 1.165) is 21.5 Å². The van der Waals surface area contributed by atoms with Crippen LogP contribution in [0.15, 0.2) is 77.4 Å². The molecule has 0 saturated heterocycles. The molecule has 0 radical (unpaired) electrons. The number of pyridine rings is 1. The summed E-state index contributed by atoms with van der Waals surface area (Å²) in [6.07, 6.45) is 1.38. The highest BCUT2D eigenvalue weighted by Crippen LogP contribution is 2.36. The number of para-hydroxylation sites is 1. The van der Waals surface area contributed by atoms with Gasteiger partial charge in [0.05, 0.1) is 11.3 Å². The summed E-state index contributed by atoms with van der Waals surface area (Å²) in [5, 5.41) is 3.43. The third-order valence-corrected chi connectivity index (χ3v) is 4.52. The Balaban J connectivity index is 1.77. The van der Waals surface area contributed by atoms with Crippen LogP contribution in [0.5, 0.6) is 0 Å². The largest absolute Gasteiger partial charge is 0.360 e. The second-order valence-corrected chi connectivity index (χ2v) is 6.42. The van der Waals surface area contributed by atoms with E-state index in [1.165, 1.54) is 0 Å². The third-order valence-electron chi connectivity index (χ3n) is 3.99. The summed E-state index contributed by atoms with van der Waals surface area (Å²) >= 11 is 3.44. The first-order chi connectivity index (χ1) is 11.7. The number of nitrogens with zero attached hydrogens (tertiary/aromatic N) is 2. The molecular formula is C19H14BrN3O. The van der Waals surface area contributed by atoms with Gasteiger partial charge in [0.25, 0.3) is 5.91 Å². The zero-order chi connectivity index (χ0) is 16.5. The molecule has 1 amide bonds. The number of carbonyl (C=O) groups is 1. The molecule has 1 unspecified atom stereocenters. The van der Waals surface area contributed by atoms with Crippen molar-refractivity contribution in [3.05, 3.63) is 88.7 Å². The van der Waals surface area contributed by atoms with Crippen LogP contribution in [0.4, 0.5) is 11.4 Å². The van der Waals surface area contributed by atoms with Crippen molar-refractivity contribution >= 4 is 33.2 Å². The first kappa shape index (κ1) is 14.9. The van der Waals surface area contributed by atoms with E-state index in [1.54, 1.807) is 17.2 Å². The van der Waals surface area contributed by atoms with Gasteiger partial charge in [-0.25, -0.2) is 0 Å². The molecule has 1 aliphatic heterocycles. The number of anilines is 2. The van der Waals surface area contributed by atoms with Gasteiger partial charge in [-0.3, -0.25) is 14.7 Å². The number of hydrogen-bond acceptors (Lipinski definition) is 3. The average molecular weight is 380 g/mol. The molecule has 1 atom stereocenters. The highest BCUT2D eigenvalue weighted by Gasteiger charge is 2.38. The van der Waals surface area contributed by atoms with Gasteiger partial charge < -0.3 is 5.32 Å². The zero-order valence-electron chi connectivity index (χ0n) is 12.7. The lowest BCUT2D eigenvalue weighted by atomic mass is 10.2. The Kier molecular flexibility index (Phi) is 3.78. The van der Waals surface area contributed by atoms with E-state index in [9.17, 15) is 4.79 Å². The molecule has 3 aromatic rings. The standard InChI is InChI=1S/C19H14BrN3O/c20-13-8-10-14(11-9-13)22-18-17-16(7-4-12-21-17)19(24)23(18)15-5-2-1-3-6-15/h1-12,18,22H. The Morgan fingerprint density at radius 1 is 0.958 bits per heavy atom. The summed E-state index contributed by atoms with van der Waals surface area (Å²) in [6.45, 7) is 0. The van der Waals surface area contributed by atoms with Crippen molar-refractivity contribution in [3.63, 3.8) is 0 Å². The fourth-order valence-electron chi connectivity index (χ4n) is 2.88. The van der Waals surface area contributed by atoms with Crippen LogP contribution in [0.2, 0.25) is 0 Å². The molecule has 24 heavy (non-hydrogen) atoms. The minimum Gasteiger partial charge on any atom is -0.360 e. The molecule has 0 saturated carbocycles. The highest BCUT2D eigenvalue weighted by molar-refractivity contribution is 9.10. The van der Waals surface area contributed by atoms with Crippen molar-refractivity contribution in [3.8, 4) is 0 Å². The van der Waals surface area contributed by atoms with Gasteiger partial charge in [0.2, 0.25) is 0 Å². The molecule has 5 heteroatoms. The van der Waals surface area contributed by atoms with E-state index >= 15 is 0 Å². The molecule has 2 heterocycles. The SMILES string of the molecule is O=C1c2cccnc2C(Nc2ccc(Br)cc2)N1c1ccccc1.